The first-order chi connectivity index (χ1) is 12.2. The quantitative estimate of drug-likeness (QED) is 0.298. The second-order valence-corrected chi connectivity index (χ2v) is 6.89. The number of anilines is 1. The van der Waals surface area contributed by atoms with E-state index in [1.54, 1.807) is 0 Å². The van der Waals surface area contributed by atoms with Crippen LogP contribution in [-0.2, 0) is 15.8 Å². The molecule has 26 heavy (non-hydrogen) atoms. The van der Waals surface area contributed by atoms with Gasteiger partial charge in [0, 0.05) is 12.7 Å². The molecule has 1 rings (SSSR count). The summed E-state index contributed by atoms with van der Waals surface area (Å²) in [5, 5.41) is 17.4. The summed E-state index contributed by atoms with van der Waals surface area (Å²) in [6.07, 6.45) is -0.385. The first-order valence-corrected chi connectivity index (χ1v) is 9.89. The van der Waals surface area contributed by atoms with Crippen molar-refractivity contribution in [1.29, 1.82) is 0 Å². The molecular formula is C14H29N4O7P. The SMILES string of the molecule is CCN(CC)CCO.Nc1ccn(C[C@@H](CO)OCP(=O)(O)O)c(=O)n1. The van der Waals surface area contributed by atoms with Gasteiger partial charge in [0.05, 0.1) is 25.9 Å². The van der Waals surface area contributed by atoms with Crippen LogP contribution in [0, 0.1) is 0 Å². The van der Waals surface area contributed by atoms with Crippen LogP contribution in [-0.4, -0.2) is 79.8 Å². The Morgan fingerprint density at radius 2 is 1.96 bits per heavy atom. The minimum Gasteiger partial charge on any atom is -0.395 e. The first kappa shape index (κ1) is 24.7. The molecule has 1 aromatic heterocycles. The highest BCUT2D eigenvalue weighted by Gasteiger charge is 2.18. The number of likely N-dealkylation sites (N-methyl/N-ethyl adjacent to an activating group) is 1. The zero-order valence-electron chi connectivity index (χ0n) is 15.1. The molecule has 0 radical (unpaired) electrons. The van der Waals surface area contributed by atoms with Crippen LogP contribution in [0.5, 0.6) is 0 Å². The fraction of sp³-hybridized carbons (Fsp3) is 0.714. The summed E-state index contributed by atoms with van der Waals surface area (Å²) in [6, 6.07) is 1.39. The number of aromatic nitrogens is 2. The lowest BCUT2D eigenvalue weighted by atomic mass is 10.3. The molecule has 0 fully saturated rings. The van der Waals surface area contributed by atoms with Gasteiger partial charge in [0.1, 0.15) is 12.2 Å². The molecule has 152 valence electrons. The smallest absolute Gasteiger partial charge is 0.350 e. The highest BCUT2D eigenvalue weighted by Crippen LogP contribution is 2.34. The van der Waals surface area contributed by atoms with Crippen molar-refractivity contribution in [2.75, 3.05) is 44.9 Å². The number of rotatable bonds is 10. The van der Waals surface area contributed by atoms with Gasteiger partial charge in [-0.25, -0.2) is 4.79 Å². The van der Waals surface area contributed by atoms with Crippen LogP contribution in [0.1, 0.15) is 13.8 Å². The third-order valence-electron chi connectivity index (χ3n) is 3.29. The van der Waals surface area contributed by atoms with E-state index in [0.29, 0.717) is 0 Å². The van der Waals surface area contributed by atoms with Crippen molar-refractivity contribution in [3.8, 4) is 0 Å². The molecule has 0 unspecified atom stereocenters. The Morgan fingerprint density at radius 1 is 1.35 bits per heavy atom. The van der Waals surface area contributed by atoms with E-state index in [2.05, 4.69) is 23.7 Å². The van der Waals surface area contributed by atoms with Crippen LogP contribution in [0.15, 0.2) is 17.1 Å². The van der Waals surface area contributed by atoms with Gasteiger partial charge in [-0.1, -0.05) is 13.8 Å². The van der Waals surface area contributed by atoms with E-state index in [0.717, 1.165) is 24.2 Å². The fourth-order valence-electron chi connectivity index (χ4n) is 1.85. The lowest BCUT2D eigenvalue weighted by molar-refractivity contribution is 0.0188. The van der Waals surface area contributed by atoms with Gasteiger partial charge < -0.3 is 35.4 Å². The van der Waals surface area contributed by atoms with E-state index in [1.165, 1.54) is 12.3 Å². The average Bonchev–Trinajstić information content (AvgIpc) is 2.58. The largest absolute Gasteiger partial charge is 0.395 e. The van der Waals surface area contributed by atoms with E-state index in [4.69, 9.17) is 30.5 Å². The lowest BCUT2D eigenvalue weighted by Crippen LogP contribution is -2.32. The molecule has 1 atom stereocenters. The number of nitrogens with two attached hydrogens (primary N) is 1. The van der Waals surface area contributed by atoms with Gasteiger partial charge in [0.2, 0.25) is 0 Å². The molecule has 0 aliphatic carbocycles. The molecule has 0 aliphatic heterocycles. The van der Waals surface area contributed by atoms with Crippen molar-refractivity contribution >= 4 is 13.4 Å². The van der Waals surface area contributed by atoms with Crippen LogP contribution in [0.25, 0.3) is 0 Å². The normalized spacial score (nSPS) is 12.6. The van der Waals surface area contributed by atoms with Gasteiger partial charge in [-0.2, -0.15) is 4.98 Å². The topological polar surface area (TPSA) is 171 Å². The maximum Gasteiger partial charge on any atom is 0.350 e. The van der Waals surface area contributed by atoms with Gasteiger partial charge in [-0.3, -0.25) is 9.13 Å². The number of hydrogen-bond acceptors (Lipinski definition) is 8. The molecule has 11 nitrogen and oxygen atoms in total. The second kappa shape index (κ2) is 12.9. The molecule has 0 bridgehead atoms. The Morgan fingerprint density at radius 3 is 2.35 bits per heavy atom. The van der Waals surface area contributed by atoms with Crippen molar-refractivity contribution in [1.82, 2.24) is 14.5 Å². The standard InChI is InChI=1S/C8H14N3O6P.C6H15NO/c9-7-1-2-11(8(13)10-7)3-6(4-12)17-5-18(14,15)16;1-3-7(4-2)5-6-8/h1-2,6,12H,3-5H2,(H2,9,10,13)(H2,14,15,16);8H,3-6H2,1-2H3/t6-;/m0./s1. The number of nitrogens with zero attached hydrogens (tertiary/aromatic N) is 3. The maximum atomic E-state index is 11.4. The number of nitrogen functional groups attached to an aromatic ring is 1. The molecule has 6 N–H and O–H groups in total. The molecule has 1 heterocycles. The summed E-state index contributed by atoms with van der Waals surface area (Å²) in [5.41, 5.74) is 4.67. The number of hydrogen-bond donors (Lipinski definition) is 5. The average molecular weight is 396 g/mol. The summed E-state index contributed by atoms with van der Waals surface area (Å²) in [7, 11) is -4.31. The van der Waals surface area contributed by atoms with E-state index >= 15 is 0 Å². The van der Waals surface area contributed by atoms with Crippen LogP contribution >= 0.6 is 7.60 Å². The lowest BCUT2D eigenvalue weighted by Gasteiger charge is -2.16. The van der Waals surface area contributed by atoms with Crippen molar-refractivity contribution in [3.05, 3.63) is 22.7 Å². The van der Waals surface area contributed by atoms with Crippen molar-refractivity contribution in [3.63, 3.8) is 0 Å². The molecule has 0 spiro atoms. The van der Waals surface area contributed by atoms with Crippen molar-refractivity contribution in [2.24, 2.45) is 0 Å². The van der Waals surface area contributed by atoms with Crippen LogP contribution in [0.3, 0.4) is 0 Å². The highest BCUT2D eigenvalue weighted by molar-refractivity contribution is 7.51. The Balaban J connectivity index is 0.000000660. The molecule has 0 saturated carbocycles. The van der Waals surface area contributed by atoms with E-state index in [1.807, 2.05) is 0 Å². The summed E-state index contributed by atoms with van der Waals surface area (Å²) < 4.78 is 16.5. The van der Waals surface area contributed by atoms with Crippen molar-refractivity contribution < 1.29 is 29.3 Å². The fourth-order valence-corrected chi connectivity index (χ4v) is 2.25. The number of ether oxygens (including phenoxy) is 1. The minimum absolute atomic E-state index is 0.0629. The highest BCUT2D eigenvalue weighted by atomic mass is 31.2. The third kappa shape index (κ3) is 11.3. The van der Waals surface area contributed by atoms with Gasteiger partial charge in [0.15, 0.2) is 0 Å². The summed E-state index contributed by atoms with van der Waals surface area (Å²) in [5.74, 6) is 0.0629. The first-order valence-electron chi connectivity index (χ1n) is 8.10. The predicted octanol–water partition coefficient (Wildman–Crippen LogP) is -1.34. The Bertz CT molecular complexity index is 603. The van der Waals surface area contributed by atoms with Crippen LogP contribution < -0.4 is 11.4 Å². The molecule has 1 aromatic rings. The third-order valence-corrected chi connectivity index (χ3v) is 3.77. The Hall–Kier alpha value is -1.33. The molecule has 0 aromatic carbocycles. The predicted molar refractivity (Wildman–Crippen MR) is 96.7 cm³/mol. The van der Waals surface area contributed by atoms with E-state index in [-0.39, 0.29) is 19.0 Å². The van der Waals surface area contributed by atoms with Crippen LogP contribution in [0.4, 0.5) is 5.82 Å². The molecule has 12 heteroatoms. The Kier molecular flexibility index (Phi) is 12.3. The van der Waals surface area contributed by atoms with Gasteiger partial charge in [0.25, 0.3) is 0 Å². The second-order valence-electron chi connectivity index (χ2n) is 5.30. The Labute approximate surface area is 152 Å². The zero-order valence-corrected chi connectivity index (χ0v) is 16.0. The van der Waals surface area contributed by atoms with E-state index in [9.17, 15) is 9.36 Å². The van der Waals surface area contributed by atoms with Crippen LogP contribution in [0.2, 0.25) is 0 Å². The van der Waals surface area contributed by atoms with E-state index < -0.39 is 32.3 Å². The van der Waals surface area contributed by atoms with Gasteiger partial charge in [-0.05, 0) is 19.2 Å². The number of aliphatic hydroxyl groups excluding tert-OH is 2. The summed E-state index contributed by atoms with van der Waals surface area (Å²) >= 11 is 0. The number of aliphatic hydroxyl groups is 2. The maximum absolute atomic E-state index is 11.4. The van der Waals surface area contributed by atoms with Gasteiger partial charge in [-0.15, -0.1) is 0 Å². The zero-order chi connectivity index (χ0) is 20.2. The molecule has 0 amide bonds. The summed E-state index contributed by atoms with van der Waals surface area (Å²) in [6.45, 7) is 6.79. The molecule has 0 saturated heterocycles. The molecular weight excluding hydrogens is 367 g/mol. The van der Waals surface area contributed by atoms with Crippen molar-refractivity contribution in [2.45, 2.75) is 26.5 Å². The molecule has 0 aliphatic rings. The monoisotopic (exact) mass is 396 g/mol. The summed E-state index contributed by atoms with van der Waals surface area (Å²) in [4.78, 5) is 34.3. The minimum atomic E-state index is -4.31. The van der Waals surface area contributed by atoms with Gasteiger partial charge >= 0.3 is 13.3 Å².